The molecule has 82 valence electrons. The van der Waals surface area contributed by atoms with Gasteiger partial charge in [0.05, 0.1) is 4.90 Å². The molecule has 0 aromatic heterocycles. The second-order valence-electron chi connectivity index (χ2n) is 2.87. The van der Waals surface area contributed by atoms with Gasteiger partial charge in [-0.3, -0.25) is 4.79 Å². The van der Waals surface area contributed by atoms with E-state index in [0.717, 1.165) is 0 Å². The van der Waals surface area contributed by atoms with E-state index >= 15 is 0 Å². The molecule has 0 bridgehead atoms. The fraction of sp³-hybridized carbons (Fsp3) is 0.222. The molecule has 0 unspecified atom stereocenters. The number of hydrogen-bond acceptors (Lipinski definition) is 3. The Labute approximate surface area is 92.7 Å². The molecule has 0 atom stereocenters. The molecule has 4 nitrogen and oxygen atoms in total. The van der Waals surface area contributed by atoms with Crippen molar-refractivity contribution in [2.75, 3.05) is 5.32 Å². The van der Waals surface area contributed by atoms with Gasteiger partial charge < -0.3 is 5.32 Å². The largest absolute Gasteiger partial charge is 0.326 e. The Bertz CT molecular complexity index is 470. The number of carbonyl (C=O) groups excluding carboxylic acids is 1. The monoisotopic (exact) mass is 247 g/mol. The lowest BCUT2D eigenvalue weighted by Crippen LogP contribution is -2.09. The molecule has 0 spiro atoms. The summed E-state index contributed by atoms with van der Waals surface area (Å²) in [5.41, 5.74) is 0.420. The minimum Gasteiger partial charge on any atom is -0.326 e. The van der Waals surface area contributed by atoms with Crippen LogP contribution < -0.4 is 5.32 Å². The van der Waals surface area contributed by atoms with Gasteiger partial charge in [-0.05, 0) is 18.2 Å². The molecule has 1 rings (SSSR count). The summed E-state index contributed by atoms with van der Waals surface area (Å²) in [6, 6.07) is 5.79. The van der Waals surface area contributed by atoms with Crippen LogP contribution in [0, 0.1) is 0 Å². The van der Waals surface area contributed by atoms with Crippen molar-refractivity contribution in [3.05, 3.63) is 24.3 Å². The van der Waals surface area contributed by atoms with Crippen molar-refractivity contribution in [3.63, 3.8) is 0 Å². The molecular formula is C9H10ClNO3S. The van der Waals surface area contributed by atoms with Gasteiger partial charge in [0.2, 0.25) is 5.91 Å². The first kappa shape index (κ1) is 12.0. The van der Waals surface area contributed by atoms with Gasteiger partial charge in [-0.1, -0.05) is 13.0 Å². The molecule has 0 saturated heterocycles. The predicted molar refractivity (Wildman–Crippen MR) is 58.4 cm³/mol. The van der Waals surface area contributed by atoms with Crippen molar-refractivity contribution >= 4 is 31.3 Å². The van der Waals surface area contributed by atoms with Gasteiger partial charge >= 0.3 is 0 Å². The highest BCUT2D eigenvalue weighted by atomic mass is 35.7. The SMILES string of the molecule is CCC(=O)Nc1cccc(S(=O)(=O)Cl)c1. The van der Waals surface area contributed by atoms with Crippen LogP contribution in [0.5, 0.6) is 0 Å². The number of anilines is 1. The highest BCUT2D eigenvalue weighted by Crippen LogP contribution is 2.18. The van der Waals surface area contributed by atoms with Crippen molar-refractivity contribution in [3.8, 4) is 0 Å². The van der Waals surface area contributed by atoms with Crippen molar-refractivity contribution in [2.24, 2.45) is 0 Å². The Balaban J connectivity index is 2.99. The van der Waals surface area contributed by atoms with E-state index in [4.69, 9.17) is 10.7 Å². The quantitative estimate of drug-likeness (QED) is 0.831. The van der Waals surface area contributed by atoms with Crippen LogP contribution >= 0.6 is 10.7 Å². The predicted octanol–water partition coefficient (Wildman–Crippen LogP) is 1.96. The van der Waals surface area contributed by atoms with E-state index in [1.165, 1.54) is 18.2 Å². The molecule has 6 heteroatoms. The molecule has 0 radical (unpaired) electrons. The second kappa shape index (κ2) is 4.63. The fourth-order valence-corrected chi connectivity index (χ4v) is 1.77. The summed E-state index contributed by atoms with van der Waals surface area (Å²) < 4.78 is 22.0. The van der Waals surface area contributed by atoms with E-state index in [0.29, 0.717) is 12.1 Å². The van der Waals surface area contributed by atoms with Gasteiger partial charge in [-0.25, -0.2) is 8.42 Å². The topological polar surface area (TPSA) is 63.2 Å². The van der Waals surface area contributed by atoms with E-state index in [9.17, 15) is 13.2 Å². The van der Waals surface area contributed by atoms with Crippen LogP contribution in [0.1, 0.15) is 13.3 Å². The molecule has 1 N–H and O–H groups in total. The van der Waals surface area contributed by atoms with Crippen molar-refractivity contribution in [1.29, 1.82) is 0 Å². The summed E-state index contributed by atoms with van der Waals surface area (Å²) in [5, 5.41) is 2.54. The molecule has 0 saturated carbocycles. The molecule has 0 aliphatic carbocycles. The van der Waals surface area contributed by atoms with Gasteiger partial charge in [-0.15, -0.1) is 0 Å². The zero-order valence-corrected chi connectivity index (χ0v) is 9.60. The lowest BCUT2D eigenvalue weighted by Gasteiger charge is -2.04. The van der Waals surface area contributed by atoms with E-state index in [1.807, 2.05) is 0 Å². The van der Waals surface area contributed by atoms with Crippen molar-refractivity contribution < 1.29 is 13.2 Å². The first-order valence-corrected chi connectivity index (χ1v) is 6.59. The minimum atomic E-state index is -3.75. The second-order valence-corrected chi connectivity index (χ2v) is 5.43. The summed E-state index contributed by atoms with van der Waals surface area (Å²) in [6.07, 6.45) is 0.331. The smallest absolute Gasteiger partial charge is 0.261 e. The van der Waals surface area contributed by atoms with Gasteiger partial charge in [-0.2, -0.15) is 0 Å². The highest BCUT2D eigenvalue weighted by molar-refractivity contribution is 8.13. The van der Waals surface area contributed by atoms with Gasteiger partial charge in [0.25, 0.3) is 9.05 Å². The van der Waals surface area contributed by atoms with Crippen LogP contribution in [-0.4, -0.2) is 14.3 Å². The molecule has 1 amide bonds. The summed E-state index contributed by atoms with van der Waals surface area (Å²) in [4.78, 5) is 11.0. The van der Waals surface area contributed by atoms with E-state index in [2.05, 4.69) is 5.32 Å². The molecule has 0 aliphatic rings. The number of benzene rings is 1. The summed E-state index contributed by atoms with van der Waals surface area (Å²) in [5.74, 6) is -0.181. The molecule has 15 heavy (non-hydrogen) atoms. The number of rotatable bonds is 3. The van der Waals surface area contributed by atoms with Crippen molar-refractivity contribution in [1.82, 2.24) is 0 Å². The number of nitrogens with one attached hydrogen (secondary N) is 1. The van der Waals surface area contributed by atoms with Crippen LogP contribution in [0.2, 0.25) is 0 Å². The molecular weight excluding hydrogens is 238 g/mol. The Morgan fingerprint density at radius 1 is 1.47 bits per heavy atom. The van der Waals surface area contributed by atoms with Gasteiger partial charge in [0.15, 0.2) is 0 Å². The molecule has 0 aliphatic heterocycles. The van der Waals surface area contributed by atoms with Crippen LogP contribution in [0.25, 0.3) is 0 Å². The van der Waals surface area contributed by atoms with E-state index < -0.39 is 9.05 Å². The first-order valence-electron chi connectivity index (χ1n) is 4.28. The summed E-state index contributed by atoms with van der Waals surface area (Å²) in [7, 11) is 1.41. The first-order chi connectivity index (χ1) is 6.93. The Morgan fingerprint density at radius 2 is 2.13 bits per heavy atom. The third-order valence-corrected chi connectivity index (χ3v) is 3.07. The Kier molecular flexibility index (Phi) is 3.71. The molecule has 0 fully saturated rings. The lowest BCUT2D eigenvalue weighted by molar-refractivity contribution is -0.115. The maximum atomic E-state index is 11.0. The summed E-state index contributed by atoms with van der Waals surface area (Å²) in [6.45, 7) is 1.71. The zero-order chi connectivity index (χ0) is 11.5. The average molecular weight is 248 g/mol. The van der Waals surface area contributed by atoms with Crippen molar-refractivity contribution in [2.45, 2.75) is 18.2 Å². The highest BCUT2D eigenvalue weighted by Gasteiger charge is 2.10. The molecule has 1 aromatic rings. The molecule has 0 heterocycles. The third kappa shape index (κ3) is 3.53. The average Bonchev–Trinajstić information content (AvgIpc) is 2.17. The third-order valence-electron chi connectivity index (χ3n) is 1.72. The van der Waals surface area contributed by atoms with E-state index in [1.54, 1.807) is 13.0 Å². The minimum absolute atomic E-state index is 0.0296. The standard InChI is InChI=1S/C9H10ClNO3S/c1-2-9(12)11-7-4-3-5-8(6-7)15(10,13)14/h3-6H,2H2,1H3,(H,11,12). The lowest BCUT2D eigenvalue weighted by atomic mass is 10.3. The number of carbonyl (C=O) groups is 1. The summed E-state index contributed by atoms with van der Waals surface area (Å²) >= 11 is 0. The van der Waals surface area contributed by atoms with Crippen LogP contribution in [-0.2, 0) is 13.8 Å². The van der Waals surface area contributed by atoms with Crippen LogP contribution in [0.4, 0.5) is 5.69 Å². The normalized spacial score (nSPS) is 11.1. The van der Waals surface area contributed by atoms with Gasteiger partial charge in [0, 0.05) is 22.8 Å². The number of hydrogen-bond donors (Lipinski definition) is 1. The fourth-order valence-electron chi connectivity index (χ4n) is 0.975. The van der Waals surface area contributed by atoms with Gasteiger partial charge in [0.1, 0.15) is 0 Å². The molecule has 1 aromatic carbocycles. The maximum absolute atomic E-state index is 11.0. The van der Waals surface area contributed by atoms with E-state index in [-0.39, 0.29) is 10.8 Å². The Hall–Kier alpha value is -1.07. The maximum Gasteiger partial charge on any atom is 0.261 e. The van der Waals surface area contributed by atoms with Crippen LogP contribution in [0.15, 0.2) is 29.2 Å². The van der Waals surface area contributed by atoms with Crippen LogP contribution in [0.3, 0.4) is 0 Å². The Morgan fingerprint density at radius 3 is 2.67 bits per heavy atom. The zero-order valence-electron chi connectivity index (χ0n) is 8.03. The number of halogens is 1. The number of amides is 1.